The largest absolute Gasteiger partial charge is 0.356 e. The molecule has 2 aliphatic rings. The normalized spacial score (nSPS) is 20.0. The minimum Gasteiger partial charge on any atom is -0.356 e. The second-order valence-electron chi connectivity index (χ2n) is 7.63. The van der Waals surface area contributed by atoms with E-state index in [9.17, 15) is 9.59 Å². The summed E-state index contributed by atoms with van der Waals surface area (Å²) in [5, 5.41) is 4.18. The second-order valence-corrected chi connectivity index (χ2v) is 7.63. The highest BCUT2D eigenvalue weighted by atomic mass is 16.2. The fraction of sp³-hybridized carbons (Fsp3) is 0.304. The van der Waals surface area contributed by atoms with Gasteiger partial charge in [-0.1, -0.05) is 49.7 Å². The third-order valence-electron chi connectivity index (χ3n) is 5.98. The third-order valence-corrected chi connectivity index (χ3v) is 5.98. The quantitative estimate of drug-likeness (QED) is 0.687. The van der Waals surface area contributed by atoms with Crippen molar-refractivity contribution in [2.75, 3.05) is 6.54 Å². The molecular weight excluding hydrogens is 350 g/mol. The van der Waals surface area contributed by atoms with E-state index in [0.29, 0.717) is 18.5 Å². The van der Waals surface area contributed by atoms with Gasteiger partial charge in [0.05, 0.1) is 6.04 Å². The zero-order valence-electron chi connectivity index (χ0n) is 15.9. The molecule has 5 heteroatoms. The Morgan fingerprint density at radius 1 is 1.18 bits per heavy atom. The van der Waals surface area contributed by atoms with E-state index in [4.69, 9.17) is 0 Å². The summed E-state index contributed by atoms with van der Waals surface area (Å²) in [5.41, 5.74) is 4.92. The Labute approximate surface area is 163 Å². The van der Waals surface area contributed by atoms with E-state index in [2.05, 4.69) is 29.4 Å². The lowest BCUT2D eigenvalue weighted by molar-refractivity contribution is -0.126. The number of amides is 2. The van der Waals surface area contributed by atoms with Gasteiger partial charge in [-0.25, -0.2) is 0 Å². The van der Waals surface area contributed by atoms with E-state index in [1.807, 2.05) is 36.4 Å². The molecule has 2 atom stereocenters. The van der Waals surface area contributed by atoms with Gasteiger partial charge in [0, 0.05) is 35.1 Å². The average Bonchev–Trinajstić information content (AvgIpc) is 3.24. The summed E-state index contributed by atoms with van der Waals surface area (Å²) >= 11 is 0. The van der Waals surface area contributed by atoms with Crippen molar-refractivity contribution in [3.63, 3.8) is 0 Å². The van der Waals surface area contributed by atoms with Gasteiger partial charge in [-0.3, -0.25) is 9.59 Å². The Balaban J connectivity index is 1.65. The number of para-hydroxylation sites is 1. The van der Waals surface area contributed by atoms with Gasteiger partial charge in [0.25, 0.3) is 5.91 Å². The Bertz CT molecular complexity index is 1080. The monoisotopic (exact) mass is 373 g/mol. The second kappa shape index (κ2) is 6.51. The number of hydrogen-bond acceptors (Lipinski definition) is 2. The number of fused-ring (bicyclic) bond motifs is 7. The van der Waals surface area contributed by atoms with Crippen molar-refractivity contribution >= 4 is 22.7 Å². The maximum absolute atomic E-state index is 13.2. The van der Waals surface area contributed by atoms with Crippen molar-refractivity contribution in [3.05, 3.63) is 70.9 Å². The van der Waals surface area contributed by atoms with Gasteiger partial charge < -0.3 is 15.2 Å². The Hall–Kier alpha value is -3.08. The number of unbranched alkanes of at least 4 members (excludes halogenated alkanes) is 1. The zero-order valence-corrected chi connectivity index (χ0v) is 15.9. The summed E-state index contributed by atoms with van der Waals surface area (Å²) in [6.45, 7) is 2.74. The molecule has 28 heavy (non-hydrogen) atoms. The van der Waals surface area contributed by atoms with Gasteiger partial charge in [0.2, 0.25) is 5.91 Å². The standard InChI is InChI=1S/C23H23N3O2/c1-2-3-12-24-22(27)19-13-17-14-8-6-7-11-18(14)25-20(17)21-15-9-4-5-10-16(15)23(28)26(19)21/h4-11,19,21,25H,2-3,12-13H2,1H3,(H,24,27). The highest BCUT2D eigenvalue weighted by molar-refractivity contribution is 6.03. The van der Waals surface area contributed by atoms with Crippen LogP contribution in [-0.4, -0.2) is 34.3 Å². The highest BCUT2D eigenvalue weighted by Gasteiger charge is 2.48. The van der Waals surface area contributed by atoms with Crippen LogP contribution in [0.25, 0.3) is 10.9 Å². The summed E-state index contributed by atoms with van der Waals surface area (Å²) in [6.07, 6.45) is 2.50. The first kappa shape index (κ1) is 17.0. The number of benzene rings is 2. The molecule has 3 aromatic rings. The molecule has 2 aliphatic heterocycles. The molecule has 0 fully saturated rings. The summed E-state index contributed by atoms with van der Waals surface area (Å²) < 4.78 is 0. The fourth-order valence-electron chi connectivity index (χ4n) is 4.64. The van der Waals surface area contributed by atoms with E-state index in [-0.39, 0.29) is 17.9 Å². The molecule has 3 heterocycles. The lowest BCUT2D eigenvalue weighted by Gasteiger charge is -2.37. The average molecular weight is 373 g/mol. The molecule has 2 amide bonds. The SMILES string of the molecule is CCCCNC(=O)C1Cc2c([nH]c3ccccc23)C2c3ccccc3C(=O)N12. The Kier molecular flexibility index (Phi) is 3.97. The molecule has 2 N–H and O–H groups in total. The number of carbonyl (C=O) groups is 2. The molecule has 0 bridgehead atoms. The van der Waals surface area contributed by atoms with Gasteiger partial charge >= 0.3 is 0 Å². The lowest BCUT2D eigenvalue weighted by Crippen LogP contribution is -2.52. The number of hydrogen-bond donors (Lipinski definition) is 2. The number of nitrogens with one attached hydrogen (secondary N) is 2. The van der Waals surface area contributed by atoms with Crippen molar-refractivity contribution in [2.45, 2.75) is 38.3 Å². The van der Waals surface area contributed by atoms with Crippen LogP contribution in [0.3, 0.4) is 0 Å². The smallest absolute Gasteiger partial charge is 0.255 e. The molecule has 5 rings (SSSR count). The van der Waals surface area contributed by atoms with E-state index in [1.54, 1.807) is 4.90 Å². The van der Waals surface area contributed by atoms with Crippen LogP contribution >= 0.6 is 0 Å². The van der Waals surface area contributed by atoms with Crippen LogP contribution in [0.1, 0.15) is 53.0 Å². The van der Waals surface area contributed by atoms with Gasteiger partial charge in [0.15, 0.2) is 0 Å². The predicted molar refractivity (Wildman–Crippen MR) is 108 cm³/mol. The molecule has 0 radical (unpaired) electrons. The molecule has 2 aromatic carbocycles. The molecule has 0 saturated carbocycles. The van der Waals surface area contributed by atoms with Crippen molar-refractivity contribution < 1.29 is 9.59 Å². The van der Waals surface area contributed by atoms with Crippen LogP contribution in [0.5, 0.6) is 0 Å². The van der Waals surface area contributed by atoms with Crippen LogP contribution in [0.4, 0.5) is 0 Å². The van der Waals surface area contributed by atoms with E-state index in [0.717, 1.165) is 40.6 Å². The van der Waals surface area contributed by atoms with Gasteiger partial charge in [-0.2, -0.15) is 0 Å². The third kappa shape index (κ3) is 2.39. The number of aromatic nitrogens is 1. The van der Waals surface area contributed by atoms with E-state index < -0.39 is 6.04 Å². The van der Waals surface area contributed by atoms with Crippen molar-refractivity contribution in [2.24, 2.45) is 0 Å². The molecule has 0 spiro atoms. The van der Waals surface area contributed by atoms with Crippen LogP contribution in [0.15, 0.2) is 48.5 Å². The molecule has 0 aliphatic carbocycles. The first-order valence-electron chi connectivity index (χ1n) is 9.99. The van der Waals surface area contributed by atoms with E-state index in [1.165, 1.54) is 0 Å². The van der Waals surface area contributed by atoms with Crippen LogP contribution in [-0.2, 0) is 11.2 Å². The first-order valence-corrected chi connectivity index (χ1v) is 9.99. The van der Waals surface area contributed by atoms with Crippen LogP contribution in [0, 0.1) is 0 Å². The maximum Gasteiger partial charge on any atom is 0.255 e. The highest BCUT2D eigenvalue weighted by Crippen LogP contribution is 2.46. The summed E-state index contributed by atoms with van der Waals surface area (Å²) in [5.74, 6) is -0.115. The first-order chi connectivity index (χ1) is 13.7. The van der Waals surface area contributed by atoms with Gasteiger partial charge in [-0.15, -0.1) is 0 Å². The number of H-pyrrole nitrogens is 1. The Morgan fingerprint density at radius 2 is 1.96 bits per heavy atom. The van der Waals surface area contributed by atoms with Gasteiger partial charge in [-0.05, 0) is 29.7 Å². The van der Waals surface area contributed by atoms with E-state index >= 15 is 0 Å². The van der Waals surface area contributed by atoms with Crippen molar-refractivity contribution in [1.82, 2.24) is 15.2 Å². The van der Waals surface area contributed by atoms with Crippen LogP contribution in [0.2, 0.25) is 0 Å². The lowest BCUT2D eigenvalue weighted by atomic mass is 9.90. The number of aromatic amines is 1. The summed E-state index contributed by atoms with van der Waals surface area (Å²) in [4.78, 5) is 31.6. The minimum atomic E-state index is -0.492. The summed E-state index contributed by atoms with van der Waals surface area (Å²) in [6, 6.07) is 15.2. The van der Waals surface area contributed by atoms with Crippen molar-refractivity contribution in [1.29, 1.82) is 0 Å². The predicted octanol–water partition coefficient (Wildman–Crippen LogP) is 3.55. The summed E-state index contributed by atoms with van der Waals surface area (Å²) in [7, 11) is 0. The number of rotatable bonds is 4. The zero-order chi connectivity index (χ0) is 19.3. The molecule has 2 unspecified atom stereocenters. The molecule has 142 valence electrons. The molecule has 1 aromatic heterocycles. The molecule has 5 nitrogen and oxygen atoms in total. The number of nitrogens with zero attached hydrogens (tertiary/aromatic N) is 1. The maximum atomic E-state index is 13.2. The topological polar surface area (TPSA) is 65.2 Å². The van der Waals surface area contributed by atoms with Gasteiger partial charge in [0.1, 0.15) is 6.04 Å². The Morgan fingerprint density at radius 3 is 2.82 bits per heavy atom. The molecular formula is C23H23N3O2. The minimum absolute atomic E-state index is 0.0550. The van der Waals surface area contributed by atoms with Crippen molar-refractivity contribution in [3.8, 4) is 0 Å². The number of carbonyl (C=O) groups excluding carboxylic acids is 2. The molecule has 0 saturated heterocycles. The fourth-order valence-corrected chi connectivity index (χ4v) is 4.64. The van der Waals surface area contributed by atoms with Crippen LogP contribution < -0.4 is 5.32 Å².